The molecular weight excluding hydrogens is 364 g/mol. The van der Waals surface area contributed by atoms with Crippen LogP contribution in [0.25, 0.3) is 10.6 Å². The van der Waals surface area contributed by atoms with E-state index < -0.39 is 0 Å². The van der Waals surface area contributed by atoms with Gasteiger partial charge in [0, 0.05) is 29.8 Å². The number of hydrogen-bond donors (Lipinski definition) is 1. The maximum atomic E-state index is 12.5. The number of rotatable bonds is 8. The Kier molecular flexibility index (Phi) is 6.40. The van der Waals surface area contributed by atoms with Crippen molar-refractivity contribution in [1.82, 2.24) is 4.98 Å². The van der Waals surface area contributed by atoms with Gasteiger partial charge >= 0.3 is 0 Å². The van der Waals surface area contributed by atoms with Crippen LogP contribution in [0.1, 0.15) is 10.5 Å². The maximum absolute atomic E-state index is 12.5. The fourth-order valence-corrected chi connectivity index (χ4v) is 3.19. The van der Waals surface area contributed by atoms with Crippen molar-refractivity contribution in [2.45, 2.75) is 0 Å². The van der Waals surface area contributed by atoms with Crippen molar-refractivity contribution in [1.29, 1.82) is 0 Å². The number of aromatic nitrogens is 1. The monoisotopic (exact) mass is 384 g/mol. The van der Waals surface area contributed by atoms with Gasteiger partial charge < -0.3 is 19.5 Å². The van der Waals surface area contributed by atoms with Crippen LogP contribution in [0.3, 0.4) is 0 Å². The van der Waals surface area contributed by atoms with Crippen molar-refractivity contribution in [3.05, 3.63) is 59.6 Å². The van der Waals surface area contributed by atoms with Gasteiger partial charge in [-0.05, 0) is 12.1 Å². The van der Waals surface area contributed by atoms with Crippen LogP contribution < -0.4 is 14.8 Å². The Morgan fingerprint density at radius 2 is 1.89 bits per heavy atom. The highest BCUT2D eigenvalue weighted by molar-refractivity contribution is 7.13. The Morgan fingerprint density at radius 3 is 2.63 bits per heavy atom. The molecule has 0 bridgehead atoms. The van der Waals surface area contributed by atoms with Crippen molar-refractivity contribution < 1.29 is 19.0 Å². The van der Waals surface area contributed by atoms with Gasteiger partial charge in [-0.25, -0.2) is 4.98 Å². The predicted octanol–water partition coefficient (Wildman–Crippen LogP) is 4.10. The van der Waals surface area contributed by atoms with E-state index in [1.54, 1.807) is 37.8 Å². The van der Waals surface area contributed by atoms with Gasteiger partial charge in [0.05, 0.1) is 13.7 Å². The van der Waals surface area contributed by atoms with Crippen molar-refractivity contribution in [2.24, 2.45) is 0 Å². The number of carbonyl (C=O) groups is 1. The predicted molar refractivity (Wildman–Crippen MR) is 106 cm³/mol. The molecule has 3 rings (SSSR count). The largest absolute Gasteiger partial charge is 0.493 e. The lowest BCUT2D eigenvalue weighted by Gasteiger charge is -2.12. The Balaban J connectivity index is 1.72. The van der Waals surface area contributed by atoms with Crippen LogP contribution in [-0.4, -0.2) is 38.3 Å². The molecule has 0 aliphatic rings. The third-order valence-electron chi connectivity index (χ3n) is 3.72. The summed E-state index contributed by atoms with van der Waals surface area (Å²) in [5.74, 6) is 0.848. The molecule has 0 aliphatic carbocycles. The number of nitrogens with zero attached hydrogens (tertiary/aromatic N) is 1. The Hall–Kier alpha value is -2.90. The zero-order chi connectivity index (χ0) is 19.1. The van der Waals surface area contributed by atoms with Crippen molar-refractivity contribution in [3.63, 3.8) is 0 Å². The second-order valence-corrected chi connectivity index (χ2v) is 6.42. The summed E-state index contributed by atoms with van der Waals surface area (Å²) in [6, 6.07) is 15.0. The fourth-order valence-electron chi connectivity index (χ4n) is 2.39. The molecule has 2 aromatic carbocycles. The van der Waals surface area contributed by atoms with Gasteiger partial charge in [0.25, 0.3) is 5.91 Å². The molecule has 6 nitrogen and oxygen atoms in total. The van der Waals surface area contributed by atoms with Crippen LogP contribution in [0.15, 0.2) is 53.9 Å². The minimum absolute atomic E-state index is 0.276. The first-order chi connectivity index (χ1) is 13.2. The second-order valence-electron chi connectivity index (χ2n) is 5.56. The molecule has 1 N–H and O–H groups in total. The van der Waals surface area contributed by atoms with E-state index in [0.717, 1.165) is 10.6 Å². The fraction of sp³-hybridized carbons (Fsp3) is 0.200. The van der Waals surface area contributed by atoms with Crippen molar-refractivity contribution in [2.75, 3.05) is 32.8 Å². The summed E-state index contributed by atoms with van der Waals surface area (Å²) in [5, 5.41) is 5.40. The normalized spacial score (nSPS) is 10.4. The molecule has 0 unspecified atom stereocenters. The molecule has 0 spiro atoms. The highest BCUT2D eigenvalue weighted by atomic mass is 32.1. The number of anilines is 1. The Morgan fingerprint density at radius 1 is 1.07 bits per heavy atom. The van der Waals surface area contributed by atoms with Crippen LogP contribution in [-0.2, 0) is 4.74 Å². The molecule has 3 aromatic rings. The third kappa shape index (κ3) is 4.84. The summed E-state index contributed by atoms with van der Waals surface area (Å²) in [6.07, 6.45) is 0. The van der Waals surface area contributed by atoms with Crippen LogP contribution in [0, 0.1) is 0 Å². The summed E-state index contributed by atoms with van der Waals surface area (Å²) in [6.45, 7) is 0.845. The minimum atomic E-state index is -0.276. The van der Waals surface area contributed by atoms with Crippen LogP contribution in [0.5, 0.6) is 11.5 Å². The summed E-state index contributed by atoms with van der Waals surface area (Å²) in [7, 11) is 3.17. The van der Waals surface area contributed by atoms with Crippen LogP contribution >= 0.6 is 11.3 Å². The molecule has 0 atom stereocenters. The number of hydrogen-bond acceptors (Lipinski definition) is 6. The SMILES string of the molecule is COCCOc1cc(NC(=O)c2csc(-c3ccccc3)n2)ccc1OC. The summed E-state index contributed by atoms with van der Waals surface area (Å²) >= 11 is 1.43. The van der Waals surface area contributed by atoms with Gasteiger partial charge in [0.2, 0.25) is 0 Å². The average Bonchev–Trinajstić information content (AvgIpc) is 3.20. The number of nitrogens with one attached hydrogen (secondary N) is 1. The third-order valence-corrected chi connectivity index (χ3v) is 4.62. The molecule has 1 heterocycles. The van der Waals surface area contributed by atoms with E-state index in [4.69, 9.17) is 14.2 Å². The van der Waals surface area contributed by atoms with Gasteiger partial charge in [-0.3, -0.25) is 4.79 Å². The lowest BCUT2D eigenvalue weighted by Crippen LogP contribution is -2.12. The molecule has 1 amide bonds. The highest BCUT2D eigenvalue weighted by Crippen LogP contribution is 2.30. The van der Waals surface area contributed by atoms with Gasteiger partial charge in [0.1, 0.15) is 17.3 Å². The molecule has 1 aromatic heterocycles. The smallest absolute Gasteiger partial charge is 0.275 e. The van der Waals surface area contributed by atoms with Crippen molar-refractivity contribution in [3.8, 4) is 22.1 Å². The van der Waals surface area contributed by atoms with E-state index in [0.29, 0.717) is 36.1 Å². The number of benzene rings is 2. The first-order valence-corrected chi connectivity index (χ1v) is 9.21. The second kappa shape index (κ2) is 9.16. The topological polar surface area (TPSA) is 69.7 Å². The number of carbonyl (C=O) groups excluding carboxylic acids is 1. The van der Waals surface area contributed by atoms with E-state index in [1.165, 1.54) is 11.3 Å². The summed E-state index contributed by atoms with van der Waals surface area (Å²) < 4.78 is 15.9. The molecule has 0 aliphatic heterocycles. The molecule has 0 radical (unpaired) electrons. The number of amides is 1. The first-order valence-electron chi connectivity index (χ1n) is 8.33. The minimum Gasteiger partial charge on any atom is -0.493 e. The zero-order valence-electron chi connectivity index (χ0n) is 15.1. The van der Waals surface area contributed by atoms with Gasteiger partial charge in [-0.1, -0.05) is 30.3 Å². The molecule has 0 fully saturated rings. The van der Waals surface area contributed by atoms with E-state index in [1.807, 2.05) is 30.3 Å². The highest BCUT2D eigenvalue weighted by Gasteiger charge is 2.13. The Labute approximate surface area is 161 Å². The van der Waals surface area contributed by atoms with E-state index in [-0.39, 0.29) is 5.91 Å². The van der Waals surface area contributed by atoms with Crippen LogP contribution in [0.4, 0.5) is 5.69 Å². The number of ether oxygens (including phenoxy) is 3. The maximum Gasteiger partial charge on any atom is 0.275 e. The molecule has 140 valence electrons. The number of thiazole rings is 1. The van der Waals surface area contributed by atoms with E-state index in [2.05, 4.69) is 10.3 Å². The van der Waals surface area contributed by atoms with Gasteiger partial charge in [-0.15, -0.1) is 11.3 Å². The lowest BCUT2D eigenvalue weighted by atomic mass is 10.2. The zero-order valence-corrected chi connectivity index (χ0v) is 15.9. The summed E-state index contributed by atoms with van der Waals surface area (Å²) in [5.41, 5.74) is 1.96. The average molecular weight is 384 g/mol. The van der Waals surface area contributed by atoms with Gasteiger partial charge in [-0.2, -0.15) is 0 Å². The lowest BCUT2D eigenvalue weighted by molar-refractivity contribution is 0.102. The van der Waals surface area contributed by atoms with Crippen molar-refractivity contribution >= 4 is 22.9 Å². The van der Waals surface area contributed by atoms with Gasteiger partial charge in [0.15, 0.2) is 11.5 Å². The quantitative estimate of drug-likeness (QED) is 0.592. The number of methoxy groups -OCH3 is 2. The molecular formula is C20H20N2O4S. The standard InChI is InChI=1S/C20H20N2O4S/c1-24-10-11-26-18-12-15(8-9-17(18)25-2)21-19(23)16-13-27-20(22-16)14-6-4-3-5-7-14/h3-9,12-13H,10-11H2,1-2H3,(H,21,23). The molecule has 0 saturated carbocycles. The summed E-state index contributed by atoms with van der Waals surface area (Å²) in [4.78, 5) is 17.0. The Bertz CT molecular complexity index is 896. The van der Waals surface area contributed by atoms with Crippen LogP contribution in [0.2, 0.25) is 0 Å². The molecule has 27 heavy (non-hydrogen) atoms. The first kappa shape index (κ1) is 18.9. The van der Waals surface area contributed by atoms with E-state index >= 15 is 0 Å². The molecule has 7 heteroatoms. The molecule has 0 saturated heterocycles. The van der Waals surface area contributed by atoms with E-state index in [9.17, 15) is 4.79 Å².